The van der Waals surface area contributed by atoms with Crippen molar-refractivity contribution in [3.05, 3.63) is 118 Å². The van der Waals surface area contributed by atoms with Gasteiger partial charge in [0.2, 0.25) is 0 Å². The molecule has 17 heteroatoms. The molecule has 0 saturated heterocycles. The molecule has 0 aliphatic rings. The number of nitrogens with one attached hydrogen (secondary N) is 1. The van der Waals surface area contributed by atoms with Gasteiger partial charge in [0.25, 0.3) is 5.56 Å². The van der Waals surface area contributed by atoms with Gasteiger partial charge in [-0.25, -0.2) is 13.6 Å². The van der Waals surface area contributed by atoms with Gasteiger partial charge >= 0.3 is 18.7 Å². The number of hydrogen-bond donors (Lipinski definition) is 2. The van der Waals surface area contributed by atoms with Gasteiger partial charge in [-0.05, 0) is 73.7 Å². The molecule has 0 radical (unpaired) electrons. The van der Waals surface area contributed by atoms with Crippen LogP contribution in [0.2, 0.25) is 0 Å². The number of rotatable bonds is 4. The Labute approximate surface area is 258 Å². The highest BCUT2D eigenvalue weighted by atomic mass is 19.4. The molecule has 5 rings (SSSR count). The SMILES string of the molecule is Cc1ncccc1C(=O)O.N#Cc1ccc(OC(F)(F)F)c(F)c1.O=c1[nH]c(-c2ccc(OC(F)(F)F)c(F)c2)cc2ncccc12. The molecule has 244 valence electrons. The lowest BCUT2D eigenvalue weighted by Gasteiger charge is -2.10. The van der Waals surface area contributed by atoms with Gasteiger partial charge in [0.1, 0.15) is 0 Å². The van der Waals surface area contributed by atoms with Crippen LogP contribution < -0.4 is 15.0 Å². The van der Waals surface area contributed by atoms with E-state index in [0.717, 1.165) is 24.3 Å². The zero-order valence-electron chi connectivity index (χ0n) is 23.5. The Hall–Kier alpha value is -6.05. The predicted molar refractivity (Wildman–Crippen MR) is 148 cm³/mol. The van der Waals surface area contributed by atoms with Gasteiger partial charge in [-0.15, -0.1) is 26.3 Å². The minimum atomic E-state index is -4.98. The molecule has 0 spiro atoms. The van der Waals surface area contributed by atoms with Crippen molar-refractivity contribution in [2.75, 3.05) is 0 Å². The number of hydrogen-bond acceptors (Lipinski definition) is 7. The first kappa shape index (κ1) is 35.4. The molecule has 0 aliphatic heterocycles. The molecule has 9 nitrogen and oxygen atoms in total. The number of carboxylic acid groups (broad SMARTS) is 1. The van der Waals surface area contributed by atoms with E-state index in [9.17, 15) is 44.7 Å². The summed E-state index contributed by atoms with van der Waals surface area (Å²) in [4.78, 5) is 32.7. The van der Waals surface area contributed by atoms with Crippen LogP contribution in [0.5, 0.6) is 11.5 Å². The second-order valence-electron chi connectivity index (χ2n) is 8.89. The molecule has 0 atom stereocenters. The number of aromatic amines is 1. The Morgan fingerprint density at radius 2 is 1.43 bits per heavy atom. The van der Waals surface area contributed by atoms with E-state index < -0.39 is 47.4 Å². The summed E-state index contributed by atoms with van der Waals surface area (Å²) in [5, 5.41) is 17.2. The van der Waals surface area contributed by atoms with Gasteiger partial charge < -0.3 is 19.6 Å². The standard InChI is InChI=1S/C15H8F4N2O2.C8H3F4NO.C7H7NO2/c16-10-6-8(3-4-13(10)23-15(17,18)19)11-7-12-9(14(22)21-11)2-1-5-20-12;9-6-3-5(4-13)1-2-7(6)14-8(10,11)12;1-5-6(7(9)10)3-2-4-8-5/h1-7H,(H,21,22);1-3H;2-4H,1H3,(H,9,10). The molecular formula is C30H18F8N4O5. The summed E-state index contributed by atoms with van der Waals surface area (Å²) in [6, 6.07) is 14.8. The maximum Gasteiger partial charge on any atom is 0.573 e. The molecule has 0 fully saturated rings. The van der Waals surface area contributed by atoms with E-state index in [-0.39, 0.29) is 22.4 Å². The third kappa shape index (κ3) is 10.5. The number of H-pyrrole nitrogens is 1. The van der Waals surface area contributed by atoms with Gasteiger partial charge in [-0.3, -0.25) is 14.8 Å². The number of aromatic nitrogens is 3. The summed E-state index contributed by atoms with van der Waals surface area (Å²) >= 11 is 0. The number of carboxylic acids is 1. The fourth-order valence-corrected chi connectivity index (χ4v) is 3.61. The van der Waals surface area contributed by atoms with Gasteiger partial charge in [-0.2, -0.15) is 5.26 Å². The molecule has 0 aliphatic carbocycles. The maximum absolute atomic E-state index is 13.7. The summed E-state index contributed by atoms with van der Waals surface area (Å²) in [7, 11) is 0. The summed E-state index contributed by atoms with van der Waals surface area (Å²) in [5.41, 5.74) is 1.14. The normalized spacial score (nSPS) is 10.9. The Bertz CT molecular complexity index is 1990. The van der Waals surface area contributed by atoms with Gasteiger partial charge in [-0.1, -0.05) is 0 Å². The van der Waals surface area contributed by atoms with Crippen LogP contribution in [0.15, 0.2) is 83.9 Å². The lowest BCUT2D eigenvalue weighted by Crippen LogP contribution is -2.18. The summed E-state index contributed by atoms with van der Waals surface area (Å²) in [6.45, 7) is 1.67. The highest BCUT2D eigenvalue weighted by Gasteiger charge is 2.33. The number of alkyl halides is 6. The Balaban J connectivity index is 0.000000213. The average Bonchev–Trinajstić information content (AvgIpc) is 2.99. The molecule has 3 heterocycles. The summed E-state index contributed by atoms with van der Waals surface area (Å²) in [6.07, 6.45) is -6.85. The second-order valence-corrected chi connectivity index (χ2v) is 8.89. The van der Waals surface area contributed by atoms with Crippen molar-refractivity contribution >= 4 is 16.9 Å². The number of aryl methyl sites for hydroxylation is 1. The Kier molecular flexibility index (Phi) is 11.2. The van der Waals surface area contributed by atoms with Crippen LogP contribution in [0.25, 0.3) is 22.2 Å². The van der Waals surface area contributed by atoms with Crippen molar-refractivity contribution in [1.29, 1.82) is 5.26 Å². The third-order valence-corrected chi connectivity index (χ3v) is 5.60. The maximum atomic E-state index is 13.7. The van der Waals surface area contributed by atoms with Crippen LogP contribution in [0.3, 0.4) is 0 Å². The molecule has 47 heavy (non-hydrogen) atoms. The molecule has 0 saturated carbocycles. The fraction of sp³-hybridized carbons (Fsp3) is 0.100. The molecule has 3 aromatic heterocycles. The minimum Gasteiger partial charge on any atom is -0.478 e. The highest BCUT2D eigenvalue weighted by molar-refractivity contribution is 5.88. The predicted octanol–water partition coefficient (Wildman–Crippen LogP) is 7.31. The monoisotopic (exact) mass is 666 g/mol. The average molecular weight is 666 g/mol. The van der Waals surface area contributed by atoms with Gasteiger partial charge in [0.05, 0.1) is 39.5 Å². The number of nitrogens with zero attached hydrogens (tertiary/aromatic N) is 3. The zero-order chi connectivity index (χ0) is 34.9. The lowest BCUT2D eigenvalue weighted by atomic mass is 10.1. The number of benzene rings is 2. The molecule has 0 amide bonds. The number of carbonyl (C=O) groups is 1. The van der Waals surface area contributed by atoms with Gasteiger partial charge in [0, 0.05) is 18.0 Å². The highest BCUT2D eigenvalue weighted by Crippen LogP contribution is 2.29. The third-order valence-electron chi connectivity index (χ3n) is 5.60. The van der Waals surface area contributed by atoms with Crippen LogP contribution >= 0.6 is 0 Å². The fourth-order valence-electron chi connectivity index (χ4n) is 3.61. The van der Waals surface area contributed by atoms with Crippen molar-refractivity contribution in [2.24, 2.45) is 0 Å². The number of aromatic carboxylic acids is 1. The minimum absolute atomic E-state index is 0.0722. The molecule has 2 aromatic carbocycles. The van der Waals surface area contributed by atoms with E-state index in [2.05, 4.69) is 24.4 Å². The second kappa shape index (κ2) is 14.8. The van der Waals surface area contributed by atoms with Crippen molar-refractivity contribution in [3.63, 3.8) is 0 Å². The number of halogens is 8. The number of ether oxygens (including phenoxy) is 2. The van der Waals surface area contributed by atoms with Crippen molar-refractivity contribution in [1.82, 2.24) is 15.0 Å². The van der Waals surface area contributed by atoms with E-state index in [1.165, 1.54) is 24.4 Å². The first-order valence-corrected chi connectivity index (χ1v) is 12.6. The largest absolute Gasteiger partial charge is 0.573 e. The van der Waals surface area contributed by atoms with Crippen molar-refractivity contribution < 1.29 is 54.5 Å². The molecular weight excluding hydrogens is 648 g/mol. The van der Waals surface area contributed by atoms with Crippen LogP contribution in [0.1, 0.15) is 21.6 Å². The van der Waals surface area contributed by atoms with Crippen LogP contribution in [0.4, 0.5) is 35.1 Å². The van der Waals surface area contributed by atoms with Crippen molar-refractivity contribution in [3.8, 4) is 28.8 Å². The number of pyridine rings is 3. The van der Waals surface area contributed by atoms with E-state index in [1.54, 1.807) is 37.4 Å². The van der Waals surface area contributed by atoms with E-state index in [4.69, 9.17) is 10.4 Å². The van der Waals surface area contributed by atoms with E-state index in [0.29, 0.717) is 22.7 Å². The molecule has 0 unspecified atom stereocenters. The summed E-state index contributed by atoms with van der Waals surface area (Å²) < 4.78 is 105. The molecule has 0 bridgehead atoms. The van der Waals surface area contributed by atoms with Crippen LogP contribution in [0, 0.1) is 29.9 Å². The number of nitriles is 1. The topological polar surface area (TPSA) is 138 Å². The first-order valence-electron chi connectivity index (χ1n) is 12.6. The number of fused-ring (bicyclic) bond motifs is 1. The summed E-state index contributed by atoms with van der Waals surface area (Å²) in [5.74, 6) is -5.23. The van der Waals surface area contributed by atoms with Gasteiger partial charge in [0.15, 0.2) is 23.1 Å². The molecule has 2 N–H and O–H groups in total. The Morgan fingerprint density at radius 3 is 1.94 bits per heavy atom. The van der Waals surface area contributed by atoms with E-state index in [1.807, 2.05) is 0 Å². The molecule has 5 aromatic rings. The quantitative estimate of drug-likeness (QED) is 0.191. The smallest absolute Gasteiger partial charge is 0.478 e. The zero-order valence-corrected chi connectivity index (χ0v) is 23.5. The Morgan fingerprint density at radius 1 is 0.851 bits per heavy atom. The van der Waals surface area contributed by atoms with Crippen LogP contribution in [-0.2, 0) is 0 Å². The first-order chi connectivity index (χ1) is 22.0. The van der Waals surface area contributed by atoms with Crippen molar-refractivity contribution in [2.45, 2.75) is 19.6 Å². The lowest BCUT2D eigenvalue weighted by molar-refractivity contribution is -0.276. The van der Waals surface area contributed by atoms with E-state index >= 15 is 0 Å². The van der Waals surface area contributed by atoms with Crippen LogP contribution in [-0.4, -0.2) is 38.8 Å².